The Morgan fingerprint density at radius 1 is 1.17 bits per heavy atom. The van der Waals surface area contributed by atoms with Gasteiger partial charge in [-0.15, -0.1) is 0 Å². The van der Waals surface area contributed by atoms with E-state index in [2.05, 4.69) is 5.32 Å². The van der Waals surface area contributed by atoms with Crippen LogP contribution in [-0.4, -0.2) is 27.8 Å². The molecule has 1 unspecified atom stereocenters. The Labute approximate surface area is 201 Å². The van der Waals surface area contributed by atoms with Crippen LogP contribution in [0.3, 0.4) is 0 Å². The maximum Gasteiger partial charge on any atom is 0.416 e. The number of rotatable bonds is 7. The molecule has 0 fully saturated rings. The van der Waals surface area contributed by atoms with Crippen LogP contribution in [0, 0.1) is 18.3 Å². The van der Waals surface area contributed by atoms with E-state index < -0.39 is 34.0 Å². The fraction of sp³-hybridized carbons (Fsp3) is 0.208. The van der Waals surface area contributed by atoms with Gasteiger partial charge in [0.25, 0.3) is 11.5 Å². The molecule has 0 saturated carbocycles. The first kappa shape index (κ1) is 25.9. The highest BCUT2D eigenvalue weighted by atomic mass is 32.2. The molecule has 2 aromatic carbocycles. The van der Waals surface area contributed by atoms with Crippen molar-refractivity contribution in [2.24, 2.45) is 5.73 Å². The predicted molar refractivity (Wildman–Crippen MR) is 124 cm³/mol. The molecule has 1 amide bonds. The molecule has 3 rings (SSSR count). The minimum atomic E-state index is -4.65. The molecule has 11 heteroatoms. The van der Waals surface area contributed by atoms with Crippen LogP contribution in [0.15, 0.2) is 69.2 Å². The van der Waals surface area contributed by atoms with Crippen molar-refractivity contribution in [2.45, 2.75) is 29.3 Å². The number of carbonyl (C=O) groups is 1. The second kappa shape index (κ2) is 10.7. The van der Waals surface area contributed by atoms with E-state index in [-0.39, 0.29) is 33.3 Å². The molecular formula is C24H21F3N4O3S. The Morgan fingerprint density at radius 3 is 2.46 bits per heavy atom. The zero-order valence-electron chi connectivity index (χ0n) is 18.6. The van der Waals surface area contributed by atoms with Gasteiger partial charge >= 0.3 is 6.18 Å². The first-order valence-electron chi connectivity index (χ1n) is 10.4. The summed E-state index contributed by atoms with van der Waals surface area (Å²) in [5, 5.41) is 11.5. The number of carbonyl (C=O) groups excluding carboxylic acids is 1. The normalized spacial score (nSPS) is 12.1. The lowest BCUT2D eigenvalue weighted by molar-refractivity contribution is -0.137. The summed E-state index contributed by atoms with van der Waals surface area (Å²) in [5.41, 5.74) is 3.55. The first-order chi connectivity index (χ1) is 16.6. The van der Waals surface area contributed by atoms with Crippen LogP contribution >= 0.6 is 0 Å². The number of hydrogen-bond acceptors (Lipinski definition) is 5. The van der Waals surface area contributed by atoms with Crippen LogP contribution in [0.25, 0.3) is 5.69 Å². The number of alkyl halides is 3. The third kappa shape index (κ3) is 5.67. The molecular weight excluding hydrogens is 481 g/mol. The largest absolute Gasteiger partial charge is 0.416 e. The van der Waals surface area contributed by atoms with E-state index in [1.165, 1.54) is 43.3 Å². The first-order valence-corrected chi connectivity index (χ1v) is 11.6. The Morgan fingerprint density at radius 2 is 1.86 bits per heavy atom. The number of hydrogen-bond donors (Lipinski definition) is 2. The Hall–Kier alpha value is -3.75. The van der Waals surface area contributed by atoms with Crippen molar-refractivity contribution in [3.63, 3.8) is 0 Å². The Kier molecular flexibility index (Phi) is 7.89. The van der Waals surface area contributed by atoms with Crippen molar-refractivity contribution in [3.05, 3.63) is 87.3 Å². The monoisotopic (exact) mass is 502 g/mol. The van der Waals surface area contributed by atoms with Crippen molar-refractivity contribution < 1.29 is 22.2 Å². The third-order valence-corrected chi connectivity index (χ3v) is 6.65. The summed E-state index contributed by atoms with van der Waals surface area (Å²) >= 11 is 0. The van der Waals surface area contributed by atoms with Crippen molar-refractivity contribution in [1.29, 1.82) is 5.26 Å². The van der Waals surface area contributed by atoms with Crippen LogP contribution in [0.2, 0.25) is 0 Å². The smallest absolute Gasteiger partial charge is 0.352 e. The quantitative estimate of drug-likeness (QED) is 0.481. The molecule has 182 valence electrons. The summed E-state index contributed by atoms with van der Waals surface area (Å²) in [6.07, 6.45) is -4.21. The van der Waals surface area contributed by atoms with Gasteiger partial charge in [-0.2, -0.15) is 18.4 Å². The average molecular weight is 503 g/mol. The van der Waals surface area contributed by atoms with Gasteiger partial charge in [0.05, 0.1) is 32.9 Å². The molecule has 0 saturated heterocycles. The molecule has 1 heterocycles. The number of nitrogens with one attached hydrogen (secondary N) is 1. The molecule has 0 aliphatic carbocycles. The van der Waals surface area contributed by atoms with Crippen LogP contribution in [0.4, 0.5) is 13.2 Å². The number of halogens is 3. The molecule has 3 aromatic rings. The molecule has 0 aliphatic rings. The summed E-state index contributed by atoms with van der Waals surface area (Å²) < 4.78 is 54.3. The minimum absolute atomic E-state index is 0.0655. The van der Waals surface area contributed by atoms with E-state index in [0.717, 1.165) is 22.8 Å². The van der Waals surface area contributed by atoms with Gasteiger partial charge in [-0.25, -0.2) is 4.21 Å². The SMILES string of the molecule is Cc1c(S(=O)c2ccc(C#N)cc2)cc(C(=O)NCCCN)c(=O)n1-c1cccc(C(F)(F)F)c1. The number of amides is 1. The molecule has 0 bridgehead atoms. The third-order valence-electron chi connectivity index (χ3n) is 5.14. The van der Waals surface area contributed by atoms with Crippen molar-refractivity contribution in [3.8, 4) is 11.8 Å². The lowest BCUT2D eigenvalue weighted by atomic mass is 10.1. The average Bonchev–Trinajstić information content (AvgIpc) is 2.83. The summed E-state index contributed by atoms with van der Waals surface area (Å²) in [6.45, 7) is 1.92. The van der Waals surface area contributed by atoms with Gasteiger partial charge in [0.2, 0.25) is 0 Å². The summed E-state index contributed by atoms with van der Waals surface area (Å²) in [7, 11) is -1.91. The fourth-order valence-electron chi connectivity index (χ4n) is 3.34. The van der Waals surface area contributed by atoms with Crippen LogP contribution in [0.5, 0.6) is 0 Å². The van der Waals surface area contributed by atoms with E-state index in [4.69, 9.17) is 11.0 Å². The van der Waals surface area contributed by atoms with Crippen LogP contribution < -0.4 is 16.6 Å². The highest BCUT2D eigenvalue weighted by Crippen LogP contribution is 2.31. The second-order valence-electron chi connectivity index (χ2n) is 7.50. The molecule has 7 nitrogen and oxygen atoms in total. The van der Waals surface area contributed by atoms with Crippen molar-refractivity contribution in [1.82, 2.24) is 9.88 Å². The summed E-state index contributed by atoms with van der Waals surface area (Å²) in [6, 6.07) is 13.1. The zero-order chi connectivity index (χ0) is 25.8. The second-order valence-corrected chi connectivity index (χ2v) is 8.95. The molecule has 3 N–H and O–H groups in total. The number of nitrogens with zero attached hydrogens (tertiary/aromatic N) is 2. The Bertz CT molecular complexity index is 1380. The highest BCUT2D eigenvalue weighted by molar-refractivity contribution is 7.85. The van der Waals surface area contributed by atoms with Crippen LogP contribution in [0.1, 0.15) is 33.6 Å². The van der Waals surface area contributed by atoms with Crippen LogP contribution in [-0.2, 0) is 17.0 Å². The predicted octanol–water partition coefficient (Wildman–Crippen LogP) is 3.28. The highest BCUT2D eigenvalue weighted by Gasteiger charge is 2.31. The van der Waals surface area contributed by atoms with Gasteiger partial charge < -0.3 is 11.1 Å². The van der Waals surface area contributed by atoms with E-state index >= 15 is 0 Å². The maximum atomic E-state index is 13.4. The van der Waals surface area contributed by atoms with Gasteiger partial charge in [-0.05, 0) is 68.4 Å². The van der Waals surface area contributed by atoms with Gasteiger partial charge in [0, 0.05) is 22.8 Å². The van der Waals surface area contributed by atoms with Crippen molar-refractivity contribution >= 4 is 16.7 Å². The number of benzene rings is 2. The van der Waals surface area contributed by atoms with E-state index in [1.807, 2.05) is 6.07 Å². The molecule has 35 heavy (non-hydrogen) atoms. The summed E-state index contributed by atoms with van der Waals surface area (Å²) in [5.74, 6) is -0.762. The van der Waals surface area contributed by atoms with E-state index in [0.29, 0.717) is 18.5 Å². The van der Waals surface area contributed by atoms with Crippen molar-refractivity contribution in [2.75, 3.05) is 13.1 Å². The minimum Gasteiger partial charge on any atom is -0.352 e. The number of pyridine rings is 1. The number of nitriles is 1. The zero-order valence-corrected chi connectivity index (χ0v) is 19.4. The molecule has 0 aliphatic heterocycles. The molecule has 0 spiro atoms. The fourth-order valence-corrected chi connectivity index (χ4v) is 4.56. The standard InChI is InChI=1S/C24H21F3N4O3S/c1-15-21(35(34)19-8-6-16(14-29)7-9-19)13-20(22(32)30-11-3-10-28)23(33)31(15)18-5-2-4-17(12-18)24(25,26)27/h2,4-9,12-13H,3,10-11,28H2,1H3,(H,30,32). The van der Waals surface area contributed by atoms with Gasteiger partial charge in [0.1, 0.15) is 5.56 Å². The number of nitrogens with two attached hydrogens (primary N) is 1. The lowest BCUT2D eigenvalue weighted by Gasteiger charge is -2.17. The topological polar surface area (TPSA) is 118 Å². The Balaban J connectivity index is 2.23. The van der Waals surface area contributed by atoms with Gasteiger partial charge in [0.15, 0.2) is 0 Å². The van der Waals surface area contributed by atoms with Gasteiger partial charge in [-0.3, -0.25) is 14.2 Å². The summed E-state index contributed by atoms with van der Waals surface area (Å²) in [4.78, 5) is 26.4. The molecule has 1 aromatic heterocycles. The molecule has 0 radical (unpaired) electrons. The molecule has 1 atom stereocenters. The maximum absolute atomic E-state index is 13.4. The van der Waals surface area contributed by atoms with E-state index in [9.17, 15) is 27.0 Å². The van der Waals surface area contributed by atoms with E-state index in [1.54, 1.807) is 0 Å². The van der Waals surface area contributed by atoms with Gasteiger partial charge in [-0.1, -0.05) is 6.07 Å². The lowest BCUT2D eigenvalue weighted by Crippen LogP contribution is -2.35. The number of aromatic nitrogens is 1.